The number of aromatic nitrogens is 1. The Kier molecular flexibility index (Phi) is 5.74. The molecule has 2 aromatic rings. The van der Waals surface area contributed by atoms with Gasteiger partial charge < -0.3 is 14.2 Å². The minimum Gasteiger partial charge on any atom is -0.452 e. The first-order valence-electron chi connectivity index (χ1n) is 9.13. The molecule has 0 saturated heterocycles. The van der Waals surface area contributed by atoms with Gasteiger partial charge in [0, 0.05) is 19.0 Å². The third kappa shape index (κ3) is 4.27. The third-order valence-corrected chi connectivity index (χ3v) is 4.65. The molecule has 0 saturated carbocycles. The first-order chi connectivity index (χ1) is 13.0. The predicted molar refractivity (Wildman–Crippen MR) is 101 cm³/mol. The molecule has 0 N–H and O–H groups in total. The van der Waals surface area contributed by atoms with E-state index in [1.165, 1.54) is 11.1 Å². The van der Waals surface area contributed by atoms with Gasteiger partial charge in [-0.1, -0.05) is 55.4 Å². The smallest absolute Gasteiger partial charge is 0.344 e. The molecule has 142 valence electrons. The predicted octanol–water partition coefficient (Wildman–Crippen LogP) is 3.58. The maximum absolute atomic E-state index is 12.4. The number of carbonyl (C=O) groups excluding carboxylic acids is 2. The maximum Gasteiger partial charge on any atom is 0.344 e. The molecule has 1 aliphatic heterocycles. The second-order valence-electron chi connectivity index (χ2n) is 6.92. The normalized spacial score (nSPS) is 14.2. The fourth-order valence-electron chi connectivity index (χ4n) is 3.13. The van der Waals surface area contributed by atoms with Crippen molar-refractivity contribution in [2.24, 2.45) is 0 Å². The minimum atomic E-state index is -0.566. The molecule has 1 aliphatic rings. The van der Waals surface area contributed by atoms with Crippen molar-refractivity contribution >= 4 is 17.4 Å². The molecule has 0 radical (unpaired) electrons. The summed E-state index contributed by atoms with van der Waals surface area (Å²) in [5, 5.41) is 3.83. The number of nitrogens with zero attached hydrogens (tertiary/aromatic N) is 2. The standard InChI is InChI=1S/C21H24N2O4/c1-14(2)20-19(15(3)22-27-20)21(25)26-13-18(24)23-11-9-17(10-12-23)16-7-5-4-6-8-16/h4-9,14H,10-13H2,1-3H3. The Balaban J connectivity index is 1.57. The van der Waals surface area contributed by atoms with Crippen molar-refractivity contribution < 1.29 is 18.8 Å². The summed E-state index contributed by atoms with van der Waals surface area (Å²) in [6, 6.07) is 10.1. The van der Waals surface area contributed by atoms with E-state index in [0.29, 0.717) is 30.1 Å². The van der Waals surface area contributed by atoms with E-state index in [-0.39, 0.29) is 18.4 Å². The molecule has 0 unspecified atom stereocenters. The van der Waals surface area contributed by atoms with E-state index in [9.17, 15) is 9.59 Å². The van der Waals surface area contributed by atoms with Gasteiger partial charge in [0.15, 0.2) is 12.4 Å². The summed E-state index contributed by atoms with van der Waals surface area (Å²) >= 11 is 0. The highest BCUT2D eigenvalue weighted by molar-refractivity contribution is 5.93. The Hall–Kier alpha value is -2.89. The van der Waals surface area contributed by atoms with Gasteiger partial charge in [-0.25, -0.2) is 4.79 Å². The molecule has 1 aromatic carbocycles. The monoisotopic (exact) mass is 368 g/mol. The van der Waals surface area contributed by atoms with Gasteiger partial charge in [0.05, 0.1) is 5.69 Å². The van der Waals surface area contributed by atoms with Crippen LogP contribution in [0, 0.1) is 6.92 Å². The number of ether oxygens (including phenoxy) is 1. The lowest BCUT2D eigenvalue weighted by molar-refractivity contribution is -0.134. The lowest BCUT2D eigenvalue weighted by atomic mass is 10.00. The van der Waals surface area contributed by atoms with Crippen LogP contribution in [0.5, 0.6) is 0 Å². The van der Waals surface area contributed by atoms with E-state index in [0.717, 1.165) is 6.42 Å². The van der Waals surface area contributed by atoms with Crippen LogP contribution in [0.1, 0.15) is 53.6 Å². The van der Waals surface area contributed by atoms with Gasteiger partial charge in [-0.05, 0) is 24.5 Å². The van der Waals surface area contributed by atoms with Gasteiger partial charge in [-0.3, -0.25) is 4.79 Å². The average Bonchev–Trinajstić information content (AvgIpc) is 3.08. The van der Waals surface area contributed by atoms with E-state index in [4.69, 9.17) is 9.26 Å². The average molecular weight is 368 g/mol. The van der Waals surface area contributed by atoms with Crippen molar-refractivity contribution in [2.75, 3.05) is 19.7 Å². The van der Waals surface area contributed by atoms with Crippen molar-refractivity contribution in [3.8, 4) is 0 Å². The minimum absolute atomic E-state index is 0.00749. The van der Waals surface area contributed by atoms with Crippen molar-refractivity contribution in [1.82, 2.24) is 10.1 Å². The molecule has 0 spiro atoms. The summed E-state index contributed by atoms with van der Waals surface area (Å²) in [7, 11) is 0. The lowest BCUT2D eigenvalue weighted by Crippen LogP contribution is -2.37. The van der Waals surface area contributed by atoms with Crippen LogP contribution in [-0.2, 0) is 9.53 Å². The number of hydrogen-bond donors (Lipinski definition) is 0. The van der Waals surface area contributed by atoms with E-state index in [2.05, 4.69) is 23.4 Å². The number of benzene rings is 1. The Morgan fingerprint density at radius 1 is 1.26 bits per heavy atom. The van der Waals surface area contributed by atoms with Crippen LogP contribution in [0.3, 0.4) is 0 Å². The third-order valence-electron chi connectivity index (χ3n) is 4.65. The molecular weight excluding hydrogens is 344 g/mol. The number of rotatable bonds is 5. The SMILES string of the molecule is Cc1noc(C(C)C)c1C(=O)OCC(=O)N1CC=C(c2ccccc2)CC1. The summed E-state index contributed by atoms with van der Waals surface area (Å²) in [5.41, 5.74) is 3.21. The summed E-state index contributed by atoms with van der Waals surface area (Å²) in [6.45, 7) is 6.35. The van der Waals surface area contributed by atoms with Crippen LogP contribution in [-0.4, -0.2) is 41.6 Å². The van der Waals surface area contributed by atoms with Crippen LogP contribution >= 0.6 is 0 Å². The van der Waals surface area contributed by atoms with Crippen molar-refractivity contribution in [3.05, 3.63) is 59.0 Å². The highest BCUT2D eigenvalue weighted by Gasteiger charge is 2.25. The van der Waals surface area contributed by atoms with Crippen LogP contribution in [0.25, 0.3) is 5.57 Å². The summed E-state index contributed by atoms with van der Waals surface area (Å²) in [5.74, 6) is -0.276. The molecule has 2 heterocycles. The molecular formula is C21H24N2O4. The number of hydrogen-bond acceptors (Lipinski definition) is 5. The quantitative estimate of drug-likeness (QED) is 0.754. The van der Waals surface area contributed by atoms with Crippen LogP contribution in [0.4, 0.5) is 0 Å². The van der Waals surface area contributed by atoms with Crippen molar-refractivity contribution in [3.63, 3.8) is 0 Å². The molecule has 1 aromatic heterocycles. The molecule has 0 atom stereocenters. The number of carbonyl (C=O) groups is 2. The van der Waals surface area contributed by atoms with E-state index < -0.39 is 5.97 Å². The molecule has 1 amide bonds. The molecule has 6 nitrogen and oxygen atoms in total. The van der Waals surface area contributed by atoms with Crippen molar-refractivity contribution in [2.45, 2.75) is 33.1 Å². The van der Waals surface area contributed by atoms with E-state index in [1.54, 1.807) is 11.8 Å². The van der Waals surface area contributed by atoms with Gasteiger partial charge in [-0.2, -0.15) is 0 Å². The molecule has 0 bridgehead atoms. The maximum atomic E-state index is 12.4. The second-order valence-corrected chi connectivity index (χ2v) is 6.92. The van der Waals surface area contributed by atoms with Gasteiger partial charge in [0.25, 0.3) is 5.91 Å². The summed E-state index contributed by atoms with van der Waals surface area (Å²) in [6.07, 6.45) is 2.84. The Bertz CT molecular complexity index is 852. The van der Waals surface area contributed by atoms with Gasteiger partial charge in [0.1, 0.15) is 5.56 Å². The zero-order chi connectivity index (χ0) is 19.4. The highest BCUT2D eigenvalue weighted by Crippen LogP contribution is 2.24. The Morgan fingerprint density at radius 2 is 2.00 bits per heavy atom. The highest BCUT2D eigenvalue weighted by atomic mass is 16.5. The fourth-order valence-corrected chi connectivity index (χ4v) is 3.13. The van der Waals surface area contributed by atoms with Gasteiger partial charge in [0.2, 0.25) is 0 Å². The molecule has 3 rings (SSSR count). The zero-order valence-electron chi connectivity index (χ0n) is 15.9. The van der Waals surface area contributed by atoms with E-state index in [1.807, 2.05) is 32.0 Å². The number of esters is 1. The van der Waals surface area contributed by atoms with Crippen LogP contribution in [0.15, 0.2) is 40.9 Å². The molecule has 27 heavy (non-hydrogen) atoms. The number of amides is 1. The zero-order valence-corrected chi connectivity index (χ0v) is 15.9. The first-order valence-corrected chi connectivity index (χ1v) is 9.13. The fraction of sp³-hybridized carbons (Fsp3) is 0.381. The number of aryl methyl sites for hydroxylation is 1. The second kappa shape index (κ2) is 8.20. The van der Waals surface area contributed by atoms with Gasteiger partial charge in [-0.15, -0.1) is 0 Å². The Labute approximate surface area is 158 Å². The van der Waals surface area contributed by atoms with Crippen LogP contribution < -0.4 is 0 Å². The summed E-state index contributed by atoms with van der Waals surface area (Å²) in [4.78, 5) is 26.5. The summed E-state index contributed by atoms with van der Waals surface area (Å²) < 4.78 is 10.4. The van der Waals surface area contributed by atoms with Crippen LogP contribution in [0.2, 0.25) is 0 Å². The van der Waals surface area contributed by atoms with E-state index >= 15 is 0 Å². The molecule has 0 aliphatic carbocycles. The topological polar surface area (TPSA) is 72.6 Å². The molecule has 6 heteroatoms. The Morgan fingerprint density at radius 3 is 2.63 bits per heavy atom. The van der Waals surface area contributed by atoms with Crippen molar-refractivity contribution in [1.29, 1.82) is 0 Å². The largest absolute Gasteiger partial charge is 0.452 e. The lowest BCUT2D eigenvalue weighted by Gasteiger charge is -2.26. The molecule has 0 fully saturated rings. The van der Waals surface area contributed by atoms with Gasteiger partial charge >= 0.3 is 5.97 Å². The first kappa shape index (κ1) is 18.9.